The average molecular weight is 670 g/mol. The first-order valence-electron chi connectivity index (χ1n) is 11.5. The predicted molar refractivity (Wildman–Crippen MR) is 152 cm³/mol. The number of aryl methyl sites for hydroxylation is 1. The smallest absolute Gasteiger partial charge is 0.275 e. The number of fused-ring (bicyclic) bond motifs is 5. The molecule has 13 heteroatoms. The normalized spacial score (nSPS) is 29.6. The third-order valence-corrected chi connectivity index (χ3v) is 12.1. The Hall–Kier alpha value is -1.51. The summed E-state index contributed by atoms with van der Waals surface area (Å²) in [5, 5.41) is 0.816. The molecule has 1 saturated carbocycles. The SMILES string of the molecule is Cc1ccc(C(=O)[C@@H](C)N(C(=O)c2ccccc2Cl)N2C(=O)[C@@H]3[C@H](C2=O)[C@@]2(Cl)C(Cl)=C(Cl)[C@@]3(Cl)C2(Cl)Cl)cc1. The Morgan fingerprint density at radius 3 is 1.82 bits per heavy atom. The third-order valence-electron chi connectivity index (χ3n) is 7.50. The van der Waals surface area contributed by atoms with Gasteiger partial charge in [-0.1, -0.05) is 100.0 Å². The van der Waals surface area contributed by atoms with Gasteiger partial charge in [0.2, 0.25) is 0 Å². The fraction of sp³-hybridized carbons (Fsp3) is 0.308. The molecular formula is C26H17Cl7N2O4. The Labute approximate surface area is 258 Å². The van der Waals surface area contributed by atoms with Crippen molar-refractivity contribution < 1.29 is 19.2 Å². The molecule has 39 heavy (non-hydrogen) atoms. The van der Waals surface area contributed by atoms with Crippen LogP contribution in [0.3, 0.4) is 0 Å². The van der Waals surface area contributed by atoms with E-state index < -0.39 is 55.5 Å². The monoisotopic (exact) mass is 666 g/mol. The Morgan fingerprint density at radius 2 is 1.33 bits per heavy atom. The molecule has 3 aliphatic rings. The fourth-order valence-electron chi connectivity index (χ4n) is 5.46. The van der Waals surface area contributed by atoms with Gasteiger partial charge in [-0.3, -0.25) is 19.2 Å². The number of hydrogen-bond donors (Lipinski definition) is 0. The molecule has 0 N–H and O–H groups in total. The molecule has 2 aliphatic carbocycles. The van der Waals surface area contributed by atoms with Gasteiger partial charge >= 0.3 is 0 Å². The van der Waals surface area contributed by atoms with E-state index in [1.54, 1.807) is 36.4 Å². The van der Waals surface area contributed by atoms with Crippen LogP contribution in [0.5, 0.6) is 0 Å². The van der Waals surface area contributed by atoms with Crippen molar-refractivity contribution >= 4 is 105 Å². The summed E-state index contributed by atoms with van der Waals surface area (Å²) < 4.78 is -2.15. The first kappa shape index (κ1) is 29.0. The standard InChI is InChI=1S/C26H17Cl7N2O4/c1-11-7-9-13(10-8-11)18(36)12(2)34(21(37)14-5-3-4-6-15(14)27)35-22(38)16-17(23(35)39)25(31)20(29)19(28)24(16,30)26(25,32)33/h3-10,12,16-17H,1-2H3/t12-,16-,17+,24-,25-/m1/s1. The van der Waals surface area contributed by atoms with Crippen molar-refractivity contribution in [3.63, 3.8) is 0 Å². The van der Waals surface area contributed by atoms with Crippen LogP contribution in [0.25, 0.3) is 0 Å². The third kappa shape index (κ3) is 3.62. The maximum absolute atomic E-state index is 14.0. The topological polar surface area (TPSA) is 74.8 Å². The predicted octanol–water partition coefficient (Wildman–Crippen LogP) is 6.72. The number of hydrazine groups is 1. The summed E-state index contributed by atoms with van der Waals surface area (Å²) in [6, 6.07) is 11.3. The van der Waals surface area contributed by atoms with Crippen molar-refractivity contribution in [1.29, 1.82) is 0 Å². The number of nitrogens with zero attached hydrogens (tertiary/aromatic N) is 2. The number of rotatable bonds is 5. The number of benzene rings is 2. The van der Waals surface area contributed by atoms with Crippen molar-refractivity contribution in [3.8, 4) is 0 Å². The largest absolute Gasteiger partial charge is 0.292 e. The molecule has 2 fully saturated rings. The van der Waals surface area contributed by atoms with Crippen LogP contribution in [0.1, 0.15) is 33.2 Å². The van der Waals surface area contributed by atoms with Crippen LogP contribution in [0.15, 0.2) is 58.6 Å². The van der Waals surface area contributed by atoms with Crippen LogP contribution < -0.4 is 0 Å². The van der Waals surface area contributed by atoms with Crippen molar-refractivity contribution in [1.82, 2.24) is 10.0 Å². The molecule has 0 spiro atoms. The summed E-state index contributed by atoms with van der Waals surface area (Å²) in [6.45, 7) is 3.24. The van der Waals surface area contributed by atoms with Crippen LogP contribution in [-0.2, 0) is 9.59 Å². The molecule has 2 aromatic rings. The van der Waals surface area contributed by atoms with E-state index in [2.05, 4.69) is 0 Å². The van der Waals surface area contributed by atoms with Gasteiger partial charge in [-0.15, -0.1) is 23.2 Å². The summed E-state index contributed by atoms with van der Waals surface area (Å²) in [5.74, 6) is -6.35. The second-order valence-corrected chi connectivity index (χ2v) is 13.3. The fourth-order valence-corrected chi connectivity index (χ4v) is 8.61. The van der Waals surface area contributed by atoms with E-state index in [1.807, 2.05) is 6.92 Å². The zero-order valence-electron chi connectivity index (χ0n) is 20.0. The van der Waals surface area contributed by atoms with Gasteiger partial charge in [-0.25, -0.2) is 5.01 Å². The van der Waals surface area contributed by atoms with Gasteiger partial charge in [-0.05, 0) is 26.0 Å². The average Bonchev–Trinajstić information content (AvgIpc) is 3.28. The molecule has 1 saturated heterocycles. The molecule has 0 aromatic heterocycles. The number of hydrogen-bond acceptors (Lipinski definition) is 4. The summed E-state index contributed by atoms with van der Waals surface area (Å²) >= 11 is 45.8. The van der Waals surface area contributed by atoms with Gasteiger partial charge in [-0.2, -0.15) is 5.01 Å². The van der Waals surface area contributed by atoms with Crippen molar-refractivity contribution in [2.24, 2.45) is 11.8 Å². The van der Waals surface area contributed by atoms with E-state index in [9.17, 15) is 19.2 Å². The molecule has 2 bridgehead atoms. The van der Waals surface area contributed by atoms with Gasteiger partial charge in [0, 0.05) is 5.56 Å². The number of carbonyl (C=O) groups is 4. The summed E-state index contributed by atoms with van der Waals surface area (Å²) in [5.41, 5.74) is 1.10. The van der Waals surface area contributed by atoms with Crippen molar-refractivity contribution in [3.05, 3.63) is 80.3 Å². The highest BCUT2D eigenvalue weighted by molar-refractivity contribution is 6.66. The minimum absolute atomic E-state index is 0.0396. The van der Waals surface area contributed by atoms with Gasteiger partial charge in [0.15, 0.2) is 10.1 Å². The van der Waals surface area contributed by atoms with E-state index in [-0.39, 0.29) is 26.2 Å². The number of imide groups is 1. The molecule has 5 rings (SSSR count). The highest BCUT2D eigenvalue weighted by atomic mass is 35.5. The molecule has 204 valence electrons. The molecule has 6 nitrogen and oxygen atoms in total. The number of alkyl halides is 4. The maximum atomic E-state index is 14.0. The minimum atomic E-state index is -2.15. The number of allylic oxidation sites excluding steroid dienone is 2. The van der Waals surface area contributed by atoms with Crippen LogP contribution in [-0.4, -0.2) is 53.6 Å². The molecule has 0 unspecified atom stereocenters. The van der Waals surface area contributed by atoms with E-state index in [4.69, 9.17) is 81.2 Å². The Morgan fingerprint density at radius 1 is 0.846 bits per heavy atom. The zero-order valence-corrected chi connectivity index (χ0v) is 25.3. The molecule has 5 atom stereocenters. The molecular weight excluding hydrogens is 652 g/mol. The second-order valence-electron chi connectivity index (χ2n) is 9.61. The molecule has 1 aliphatic heterocycles. The minimum Gasteiger partial charge on any atom is -0.292 e. The number of ketones is 1. The lowest BCUT2D eigenvalue weighted by atomic mass is 9.84. The van der Waals surface area contributed by atoms with E-state index in [0.29, 0.717) is 5.01 Å². The van der Waals surface area contributed by atoms with Crippen LogP contribution in [0.4, 0.5) is 0 Å². The Kier molecular flexibility index (Phi) is 7.08. The lowest BCUT2D eigenvalue weighted by Crippen LogP contribution is -2.59. The lowest BCUT2D eigenvalue weighted by Gasteiger charge is -2.38. The number of amides is 3. The molecule has 1 heterocycles. The van der Waals surface area contributed by atoms with Crippen LogP contribution in [0, 0.1) is 18.8 Å². The van der Waals surface area contributed by atoms with Gasteiger partial charge in [0.05, 0.1) is 32.5 Å². The van der Waals surface area contributed by atoms with E-state index >= 15 is 0 Å². The van der Waals surface area contributed by atoms with Crippen LogP contribution >= 0.6 is 81.2 Å². The zero-order chi connectivity index (χ0) is 28.8. The van der Waals surface area contributed by atoms with Gasteiger partial charge < -0.3 is 0 Å². The van der Waals surface area contributed by atoms with Gasteiger partial charge in [0.1, 0.15) is 15.8 Å². The lowest BCUT2D eigenvalue weighted by molar-refractivity contribution is -0.157. The first-order chi connectivity index (χ1) is 18.1. The first-order valence-corrected chi connectivity index (χ1v) is 14.2. The van der Waals surface area contributed by atoms with E-state index in [0.717, 1.165) is 10.6 Å². The number of halogens is 7. The Bertz CT molecular complexity index is 1450. The highest BCUT2D eigenvalue weighted by Crippen LogP contribution is 2.77. The summed E-state index contributed by atoms with van der Waals surface area (Å²) in [6.07, 6.45) is 0. The molecule has 3 amide bonds. The summed E-state index contributed by atoms with van der Waals surface area (Å²) in [4.78, 5) is 51.4. The maximum Gasteiger partial charge on any atom is 0.275 e. The van der Waals surface area contributed by atoms with Gasteiger partial charge in [0.25, 0.3) is 17.7 Å². The second kappa shape index (κ2) is 9.52. The number of Topliss-reactive ketones (excluding diaryl/α,β-unsaturated/α-hetero) is 1. The Balaban J connectivity index is 1.65. The number of carbonyl (C=O) groups excluding carboxylic acids is 4. The molecule has 0 radical (unpaired) electrons. The highest BCUT2D eigenvalue weighted by Gasteiger charge is 2.88. The van der Waals surface area contributed by atoms with Crippen molar-refractivity contribution in [2.75, 3.05) is 0 Å². The quantitative estimate of drug-likeness (QED) is 0.201. The van der Waals surface area contributed by atoms with Crippen molar-refractivity contribution in [2.45, 2.75) is 34.0 Å². The molecule has 2 aromatic carbocycles. The summed E-state index contributed by atoms with van der Waals surface area (Å²) in [7, 11) is 0. The van der Waals surface area contributed by atoms with E-state index in [1.165, 1.54) is 19.1 Å². The van der Waals surface area contributed by atoms with Crippen LogP contribution in [0.2, 0.25) is 5.02 Å².